The highest BCUT2D eigenvalue weighted by Gasteiger charge is 2.30. The molecule has 0 saturated carbocycles. The molecule has 152 valence electrons. The number of amides is 2. The van der Waals surface area contributed by atoms with E-state index in [9.17, 15) is 18.0 Å². The minimum atomic E-state index is -4.76. The van der Waals surface area contributed by atoms with Crippen LogP contribution < -0.4 is 25.6 Å². The number of ether oxygens (including phenoxy) is 1. The fraction of sp³-hybridized carbons (Fsp3) is 0.353. The van der Waals surface area contributed by atoms with Crippen molar-refractivity contribution < 1.29 is 22.7 Å². The molecule has 0 spiro atoms. The predicted octanol–water partition coefficient (Wildman–Crippen LogP) is 2.98. The lowest BCUT2D eigenvalue weighted by Crippen LogP contribution is -2.32. The molecule has 0 aliphatic carbocycles. The normalized spacial score (nSPS) is 10.9. The zero-order valence-corrected chi connectivity index (χ0v) is 15.6. The molecule has 0 radical (unpaired) electrons. The van der Waals surface area contributed by atoms with E-state index in [0.29, 0.717) is 30.4 Å². The number of hydrogen-bond donors (Lipinski definition) is 3. The number of carbonyl (C=O) groups is 1. The fourth-order valence-electron chi connectivity index (χ4n) is 2.15. The van der Waals surface area contributed by atoms with E-state index in [1.165, 1.54) is 12.1 Å². The molecule has 0 bridgehead atoms. The van der Waals surface area contributed by atoms with Crippen molar-refractivity contribution in [2.45, 2.75) is 13.3 Å². The summed E-state index contributed by atoms with van der Waals surface area (Å²) in [5, 5.41) is 8.23. The van der Waals surface area contributed by atoms with Gasteiger partial charge in [0.05, 0.1) is 0 Å². The molecule has 0 unspecified atom stereocenters. The van der Waals surface area contributed by atoms with Gasteiger partial charge in [-0.3, -0.25) is 0 Å². The highest BCUT2D eigenvalue weighted by atomic mass is 19.4. The maximum atomic E-state index is 12.1. The van der Waals surface area contributed by atoms with Gasteiger partial charge in [0.25, 0.3) is 0 Å². The molecule has 0 fully saturated rings. The number of halogens is 3. The molecule has 3 N–H and O–H groups in total. The molecule has 2 amide bonds. The molecular formula is C17H21F3N6O2. The number of nitrogens with one attached hydrogen (secondary N) is 3. The van der Waals surface area contributed by atoms with E-state index in [-0.39, 0.29) is 5.75 Å². The summed E-state index contributed by atoms with van der Waals surface area (Å²) in [6, 6.07) is 6.16. The summed E-state index contributed by atoms with van der Waals surface area (Å²) in [5.41, 5.74) is 0.335. The van der Waals surface area contributed by atoms with E-state index in [1.54, 1.807) is 13.0 Å². The minimum absolute atomic E-state index is 0.307. The van der Waals surface area contributed by atoms with Crippen LogP contribution in [0.1, 0.15) is 5.82 Å². The van der Waals surface area contributed by atoms with Gasteiger partial charge < -0.3 is 25.6 Å². The number of rotatable bonds is 7. The Bertz CT molecular complexity index is 796. The molecule has 0 saturated heterocycles. The molecule has 11 heteroatoms. The molecule has 0 aliphatic heterocycles. The summed E-state index contributed by atoms with van der Waals surface area (Å²) >= 11 is 0. The summed E-state index contributed by atoms with van der Waals surface area (Å²) in [7, 11) is 3.75. The number of anilines is 3. The summed E-state index contributed by atoms with van der Waals surface area (Å²) in [5.74, 6) is 1.66. The zero-order chi connectivity index (χ0) is 20.7. The van der Waals surface area contributed by atoms with Gasteiger partial charge in [0, 0.05) is 38.9 Å². The van der Waals surface area contributed by atoms with Gasteiger partial charge in [0.1, 0.15) is 23.2 Å². The smallest absolute Gasteiger partial charge is 0.406 e. The first-order valence-corrected chi connectivity index (χ1v) is 8.30. The van der Waals surface area contributed by atoms with E-state index < -0.39 is 12.4 Å². The van der Waals surface area contributed by atoms with Crippen molar-refractivity contribution in [1.82, 2.24) is 15.3 Å². The lowest BCUT2D eigenvalue weighted by Gasteiger charge is -2.14. The Hall–Kier alpha value is -3.24. The lowest BCUT2D eigenvalue weighted by molar-refractivity contribution is -0.274. The molecule has 8 nitrogen and oxygen atoms in total. The number of aryl methyl sites for hydroxylation is 1. The van der Waals surface area contributed by atoms with Crippen molar-refractivity contribution in [3.05, 3.63) is 36.2 Å². The van der Waals surface area contributed by atoms with Gasteiger partial charge in [0.2, 0.25) is 0 Å². The van der Waals surface area contributed by atoms with Gasteiger partial charge in [-0.1, -0.05) is 0 Å². The number of alkyl halides is 3. The lowest BCUT2D eigenvalue weighted by atomic mass is 10.3. The summed E-state index contributed by atoms with van der Waals surface area (Å²) in [4.78, 5) is 22.3. The Morgan fingerprint density at radius 1 is 1.14 bits per heavy atom. The van der Waals surface area contributed by atoms with Crippen molar-refractivity contribution in [3.63, 3.8) is 0 Å². The standard InChI is InChI=1S/C17H21F3N6O2/c1-11-23-14(10-15(24-11)26(2)3)21-8-9-22-16(27)25-12-4-6-13(7-5-12)28-17(18,19)20/h4-7,10H,8-9H2,1-3H3,(H,21,23,24)(H2,22,25,27). The van der Waals surface area contributed by atoms with Crippen LogP contribution in [-0.4, -0.2) is 49.5 Å². The first kappa shape index (κ1) is 21.1. The minimum Gasteiger partial charge on any atom is -0.406 e. The second-order valence-corrected chi connectivity index (χ2v) is 5.93. The third-order valence-electron chi connectivity index (χ3n) is 3.35. The van der Waals surface area contributed by atoms with E-state index >= 15 is 0 Å². The zero-order valence-electron chi connectivity index (χ0n) is 15.6. The molecule has 2 aromatic rings. The van der Waals surface area contributed by atoms with E-state index in [0.717, 1.165) is 18.0 Å². The Morgan fingerprint density at radius 3 is 2.43 bits per heavy atom. The van der Waals surface area contributed by atoms with Crippen molar-refractivity contribution in [2.75, 3.05) is 42.7 Å². The second kappa shape index (κ2) is 9.11. The quantitative estimate of drug-likeness (QED) is 0.621. The van der Waals surface area contributed by atoms with Crippen LogP contribution >= 0.6 is 0 Å². The van der Waals surface area contributed by atoms with Crippen LogP contribution in [0.2, 0.25) is 0 Å². The molecule has 0 atom stereocenters. The van der Waals surface area contributed by atoms with Crippen molar-refractivity contribution in [2.24, 2.45) is 0 Å². The number of hydrogen-bond acceptors (Lipinski definition) is 6. The number of aromatic nitrogens is 2. The third-order valence-corrected chi connectivity index (χ3v) is 3.35. The summed E-state index contributed by atoms with van der Waals surface area (Å²) < 4.78 is 40.1. The average molecular weight is 398 g/mol. The molecule has 28 heavy (non-hydrogen) atoms. The second-order valence-electron chi connectivity index (χ2n) is 5.93. The van der Waals surface area contributed by atoms with Gasteiger partial charge in [0.15, 0.2) is 0 Å². The van der Waals surface area contributed by atoms with Gasteiger partial charge in [-0.2, -0.15) is 0 Å². The average Bonchev–Trinajstić information content (AvgIpc) is 2.59. The van der Waals surface area contributed by atoms with Gasteiger partial charge in [-0.25, -0.2) is 14.8 Å². The van der Waals surface area contributed by atoms with Crippen LogP contribution in [0.4, 0.5) is 35.3 Å². The van der Waals surface area contributed by atoms with Crippen LogP contribution in [0, 0.1) is 6.92 Å². The number of carbonyl (C=O) groups excluding carboxylic acids is 1. The highest BCUT2D eigenvalue weighted by Crippen LogP contribution is 2.23. The Morgan fingerprint density at radius 2 is 1.82 bits per heavy atom. The molecule has 0 aliphatic rings. The van der Waals surface area contributed by atoms with Crippen LogP contribution in [0.5, 0.6) is 5.75 Å². The van der Waals surface area contributed by atoms with Crippen molar-refractivity contribution in [1.29, 1.82) is 0 Å². The van der Waals surface area contributed by atoms with E-state index in [4.69, 9.17) is 0 Å². The fourth-order valence-corrected chi connectivity index (χ4v) is 2.15. The van der Waals surface area contributed by atoms with Crippen LogP contribution in [0.3, 0.4) is 0 Å². The summed E-state index contributed by atoms with van der Waals surface area (Å²) in [6.45, 7) is 2.52. The number of nitrogens with zero attached hydrogens (tertiary/aromatic N) is 3. The Kier molecular flexibility index (Phi) is 6.85. The van der Waals surface area contributed by atoms with Gasteiger partial charge in [-0.05, 0) is 31.2 Å². The van der Waals surface area contributed by atoms with Crippen molar-refractivity contribution in [3.8, 4) is 5.75 Å². The summed E-state index contributed by atoms with van der Waals surface area (Å²) in [6.07, 6.45) is -4.76. The van der Waals surface area contributed by atoms with Crippen molar-refractivity contribution >= 4 is 23.4 Å². The Balaban J connectivity index is 1.76. The Labute approximate surface area is 160 Å². The first-order chi connectivity index (χ1) is 13.1. The highest BCUT2D eigenvalue weighted by molar-refractivity contribution is 5.89. The third kappa shape index (κ3) is 7.17. The predicted molar refractivity (Wildman–Crippen MR) is 99.7 cm³/mol. The van der Waals surface area contributed by atoms with Gasteiger partial charge >= 0.3 is 12.4 Å². The van der Waals surface area contributed by atoms with Crippen LogP contribution in [0.25, 0.3) is 0 Å². The largest absolute Gasteiger partial charge is 0.573 e. The van der Waals surface area contributed by atoms with Gasteiger partial charge in [-0.15, -0.1) is 13.2 Å². The van der Waals surface area contributed by atoms with E-state index in [1.807, 2.05) is 19.0 Å². The van der Waals surface area contributed by atoms with Crippen LogP contribution in [0.15, 0.2) is 30.3 Å². The molecule has 2 rings (SSSR count). The maximum Gasteiger partial charge on any atom is 0.573 e. The molecule has 1 aromatic carbocycles. The topological polar surface area (TPSA) is 91.4 Å². The number of urea groups is 1. The van der Waals surface area contributed by atoms with E-state index in [2.05, 4.69) is 30.7 Å². The number of benzene rings is 1. The maximum absolute atomic E-state index is 12.1. The molecular weight excluding hydrogens is 377 g/mol. The first-order valence-electron chi connectivity index (χ1n) is 8.30. The molecule has 1 aromatic heterocycles. The SMILES string of the molecule is Cc1nc(NCCNC(=O)Nc2ccc(OC(F)(F)F)cc2)cc(N(C)C)n1. The monoisotopic (exact) mass is 398 g/mol. The molecule has 1 heterocycles. The van der Waals surface area contributed by atoms with Crippen LogP contribution in [-0.2, 0) is 0 Å².